The summed E-state index contributed by atoms with van der Waals surface area (Å²) in [5.74, 6) is -0.480. The summed E-state index contributed by atoms with van der Waals surface area (Å²) in [6, 6.07) is 15.3. The van der Waals surface area contributed by atoms with Gasteiger partial charge in [-0.3, -0.25) is 4.79 Å². The third-order valence-electron chi connectivity index (χ3n) is 8.28. The summed E-state index contributed by atoms with van der Waals surface area (Å²) in [7, 11) is 0. The quantitative estimate of drug-likeness (QED) is 0.251. The maximum absolute atomic E-state index is 11.7. The Labute approximate surface area is 241 Å². The van der Waals surface area contributed by atoms with Crippen molar-refractivity contribution >= 4 is 23.0 Å². The van der Waals surface area contributed by atoms with Crippen LogP contribution in [0.15, 0.2) is 59.3 Å². The van der Waals surface area contributed by atoms with E-state index in [1.54, 1.807) is 30.5 Å². The van der Waals surface area contributed by atoms with Gasteiger partial charge in [0, 0.05) is 48.6 Å². The maximum Gasteiger partial charge on any atom is 0.314 e. The van der Waals surface area contributed by atoms with E-state index >= 15 is 0 Å². The molecular weight excluding hydrogens is 534 g/mol. The smallest absolute Gasteiger partial charge is 0.314 e. The predicted octanol–water partition coefficient (Wildman–Crippen LogP) is 5.40. The van der Waals surface area contributed by atoms with Crippen LogP contribution in [0.1, 0.15) is 62.4 Å². The van der Waals surface area contributed by atoms with E-state index in [4.69, 9.17) is 9.51 Å². The number of phenols is 1. The molecule has 0 radical (unpaired) electrons. The predicted molar refractivity (Wildman–Crippen MR) is 155 cm³/mol. The van der Waals surface area contributed by atoms with Crippen molar-refractivity contribution in [3.05, 3.63) is 66.2 Å². The molecule has 4 aromatic heterocycles. The number of aromatic nitrogens is 6. The fraction of sp³-hybridized carbons (Fsp3) is 0.355. The molecule has 42 heavy (non-hydrogen) atoms. The van der Waals surface area contributed by atoms with Crippen molar-refractivity contribution < 1.29 is 19.5 Å². The first kappa shape index (κ1) is 26.1. The van der Waals surface area contributed by atoms with E-state index in [0.29, 0.717) is 40.4 Å². The second kappa shape index (κ2) is 10.2. The Bertz CT molecular complexity index is 1790. The molecule has 11 nitrogen and oxygen atoms in total. The van der Waals surface area contributed by atoms with Crippen molar-refractivity contribution in [2.45, 2.75) is 51.0 Å². The molecule has 1 saturated carbocycles. The highest BCUT2D eigenvalue weighted by Crippen LogP contribution is 2.43. The van der Waals surface area contributed by atoms with E-state index in [1.165, 1.54) is 5.69 Å². The first-order valence-electron chi connectivity index (χ1n) is 14.3. The van der Waals surface area contributed by atoms with Crippen LogP contribution in [-0.4, -0.2) is 59.2 Å². The zero-order chi connectivity index (χ0) is 29.0. The molecular formula is C31H31N7O4. The van der Waals surface area contributed by atoms with Gasteiger partial charge in [0.1, 0.15) is 22.9 Å². The standard InChI is InChI=1S/C31H31N7O4/c1-17(2)29(30(40)41)28-15-23(36-42-28)21-9-11-32-31(33-21)37-12-10-18(16-37)25-14-24-26(38(25)19-7-8-19)13-22(34-35-24)20-5-3-4-6-27(20)39/h3-6,9,11,13-15,17-19,29,39H,7-8,10,12,16H2,1-2H3,(H,40,41)/t18-,29?/m1/s1. The van der Waals surface area contributed by atoms with Gasteiger partial charge in [-0.05, 0) is 55.5 Å². The summed E-state index contributed by atoms with van der Waals surface area (Å²) in [6.07, 6.45) is 4.91. The number of para-hydroxylation sites is 1. The van der Waals surface area contributed by atoms with Crippen LogP contribution in [0.2, 0.25) is 0 Å². The summed E-state index contributed by atoms with van der Waals surface area (Å²) in [5.41, 5.74) is 5.54. The fourth-order valence-electron chi connectivity index (χ4n) is 6.03. The van der Waals surface area contributed by atoms with Gasteiger partial charge in [-0.1, -0.05) is 31.1 Å². The number of carbonyl (C=O) groups is 1. The zero-order valence-corrected chi connectivity index (χ0v) is 23.4. The third-order valence-corrected chi connectivity index (χ3v) is 8.28. The number of carboxylic acid groups (broad SMARTS) is 1. The zero-order valence-electron chi connectivity index (χ0n) is 23.4. The molecule has 214 valence electrons. The molecule has 5 heterocycles. The lowest BCUT2D eigenvalue weighted by molar-refractivity contribution is -0.140. The number of hydrogen-bond acceptors (Lipinski definition) is 9. The Morgan fingerprint density at radius 1 is 1.02 bits per heavy atom. The van der Waals surface area contributed by atoms with Gasteiger partial charge in [-0.15, -0.1) is 10.2 Å². The maximum atomic E-state index is 11.7. The third kappa shape index (κ3) is 4.64. The van der Waals surface area contributed by atoms with Crippen LogP contribution in [0.5, 0.6) is 5.75 Å². The van der Waals surface area contributed by atoms with E-state index in [2.05, 4.69) is 35.9 Å². The van der Waals surface area contributed by atoms with Crippen LogP contribution in [0.3, 0.4) is 0 Å². The number of nitrogens with zero attached hydrogens (tertiary/aromatic N) is 7. The molecule has 1 aliphatic carbocycles. The topological polar surface area (TPSA) is 143 Å². The van der Waals surface area contributed by atoms with E-state index in [0.717, 1.165) is 43.4 Å². The first-order valence-corrected chi connectivity index (χ1v) is 14.3. The van der Waals surface area contributed by atoms with E-state index in [9.17, 15) is 15.0 Å². The lowest BCUT2D eigenvalue weighted by Gasteiger charge is -2.18. The number of carboxylic acids is 1. The number of benzene rings is 1. The van der Waals surface area contributed by atoms with Gasteiger partial charge < -0.3 is 24.2 Å². The molecule has 2 N–H and O–H groups in total. The van der Waals surface area contributed by atoms with Crippen molar-refractivity contribution in [3.8, 4) is 28.4 Å². The Balaban J connectivity index is 1.16. The molecule has 1 saturated heterocycles. The van der Waals surface area contributed by atoms with Gasteiger partial charge in [0.15, 0.2) is 5.76 Å². The summed E-state index contributed by atoms with van der Waals surface area (Å²) in [6.45, 7) is 5.24. The Morgan fingerprint density at radius 2 is 1.86 bits per heavy atom. The molecule has 11 heteroatoms. The molecule has 0 spiro atoms. The minimum absolute atomic E-state index is 0.139. The van der Waals surface area contributed by atoms with E-state index in [1.807, 2.05) is 32.0 Å². The molecule has 2 fully saturated rings. The average Bonchev–Trinajstić information content (AvgIpc) is 3.34. The SMILES string of the molecule is CC(C)C(C(=O)O)c1cc(-c2ccnc(N3CC[C@@H](c4cc5nnc(-c6ccccc6O)cc5n4C4CC4)C3)n2)no1. The second-order valence-electron chi connectivity index (χ2n) is 11.5. The van der Waals surface area contributed by atoms with Crippen LogP contribution < -0.4 is 4.90 Å². The highest BCUT2D eigenvalue weighted by molar-refractivity contribution is 5.82. The number of aliphatic carboxylic acids is 1. The second-order valence-corrected chi connectivity index (χ2v) is 11.5. The van der Waals surface area contributed by atoms with Crippen molar-refractivity contribution in [1.29, 1.82) is 0 Å². The largest absolute Gasteiger partial charge is 0.507 e. The first-order chi connectivity index (χ1) is 20.4. The molecule has 1 unspecified atom stereocenters. The van der Waals surface area contributed by atoms with Gasteiger partial charge in [0.25, 0.3) is 0 Å². The Morgan fingerprint density at radius 3 is 2.62 bits per heavy atom. The van der Waals surface area contributed by atoms with Gasteiger partial charge in [-0.25, -0.2) is 9.97 Å². The van der Waals surface area contributed by atoms with Crippen molar-refractivity contribution in [3.63, 3.8) is 0 Å². The molecule has 0 amide bonds. The molecule has 1 aromatic carbocycles. The lowest BCUT2D eigenvalue weighted by Crippen LogP contribution is -2.22. The molecule has 2 atom stereocenters. The molecule has 7 rings (SSSR count). The highest BCUT2D eigenvalue weighted by atomic mass is 16.5. The molecule has 2 aliphatic rings. The highest BCUT2D eigenvalue weighted by Gasteiger charge is 2.34. The lowest BCUT2D eigenvalue weighted by atomic mass is 9.93. The Kier molecular flexibility index (Phi) is 6.37. The number of anilines is 1. The summed E-state index contributed by atoms with van der Waals surface area (Å²) in [5, 5.41) is 33.1. The average molecular weight is 566 g/mol. The fourth-order valence-corrected chi connectivity index (χ4v) is 6.03. The Hall–Kier alpha value is -4.80. The van der Waals surface area contributed by atoms with E-state index in [-0.39, 0.29) is 17.6 Å². The van der Waals surface area contributed by atoms with E-state index < -0.39 is 11.9 Å². The molecule has 5 aromatic rings. The molecule has 1 aliphatic heterocycles. The molecule has 0 bridgehead atoms. The normalized spacial score (nSPS) is 17.8. The number of phenolic OH excluding ortho intramolecular Hbond substituents is 1. The monoisotopic (exact) mass is 565 g/mol. The van der Waals surface area contributed by atoms with Crippen LogP contribution in [-0.2, 0) is 4.79 Å². The summed E-state index contributed by atoms with van der Waals surface area (Å²) < 4.78 is 7.85. The van der Waals surface area contributed by atoms with Gasteiger partial charge in [0.2, 0.25) is 5.95 Å². The minimum Gasteiger partial charge on any atom is -0.507 e. The summed E-state index contributed by atoms with van der Waals surface area (Å²) >= 11 is 0. The van der Waals surface area contributed by atoms with Crippen molar-refractivity contribution in [2.24, 2.45) is 5.92 Å². The number of fused-ring (bicyclic) bond motifs is 1. The number of aromatic hydroxyl groups is 1. The van der Waals surface area contributed by atoms with Crippen LogP contribution >= 0.6 is 0 Å². The minimum atomic E-state index is -0.941. The number of hydrogen-bond donors (Lipinski definition) is 2. The van der Waals surface area contributed by atoms with Gasteiger partial charge in [0.05, 0.1) is 16.9 Å². The van der Waals surface area contributed by atoms with Crippen LogP contribution in [0, 0.1) is 5.92 Å². The van der Waals surface area contributed by atoms with Crippen LogP contribution in [0.25, 0.3) is 33.7 Å². The van der Waals surface area contributed by atoms with Crippen molar-refractivity contribution in [2.75, 3.05) is 18.0 Å². The summed E-state index contributed by atoms with van der Waals surface area (Å²) in [4.78, 5) is 23.2. The van der Waals surface area contributed by atoms with Crippen LogP contribution in [0.4, 0.5) is 5.95 Å². The van der Waals surface area contributed by atoms with Gasteiger partial charge >= 0.3 is 5.97 Å². The number of rotatable bonds is 8. The van der Waals surface area contributed by atoms with Crippen molar-refractivity contribution in [1.82, 2.24) is 29.9 Å². The van der Waals surface area contributed by atoms with Gasteiger partial charge in [-0.2, -0.15) is 0 Å².